The van der Waals surface area contributed by atoms with Gasteiger partial charge in [0.05, 0.1) is 26.0 Å². The van der Waals surface area contributed by atoms with Crippen molar-refractivity contribution in [3.8, 4) is 0 Å². The van der Waals surface area contributed by atoms with Gasteiger partial charge in [-0.3, -0.25) is 0 Å². The lowest BCUT2D eigenvalue weighted by Crippen LogP contribution is -2.26. The zero-order valence-electron chi connectivity index (χ0n) is 16.7. The van der Waals surface area contributed by atoms with Crippen LogP contribution in [0.5, 0.6) is 0 Å². The summed E-state index contributed by atoms with van der Waals surface area (Å²) in [4.78, 5) is 32.6. The molecular weight excluding hydrogens is 360 g/mol. The Bertz CT molecular complexity index is 839. The van der Waals surface area contributed by atoms with Crippen LogP contribution >= 0.6 is 0 Å². The van der Waals surface area contributed by atoms with Gasteiger partial charge in [-0.1, -0.05) is 25.5 Å². The third-order valence-electron chi connectivity index (χ3n) is 3.93. The third-order valence-corrected chi connectivity index (χ3v) is 3.93. The fourth-order valence-electron chi connectivity index (χ4n) is 2.52. The number of esters is 1. The number of unbranched alkanes of at least 4 members (excludes halogenated alkanes) is 1. The SMILES string of the molecule is CCCCOC(=O)NCc1nc(C)c(C(=O)OC)c(Nc2cccc(C)c2)n1. The van der Waals surface area contributed by atoms with Crippen LogP contribution in [0.4, 0.5) is 16.3 Å². The van der Waals surface area contributed by atoms with E-state index in [0.717, 1.165) is 24.1 Å². The minimum Gasteiger partial charge on any atom is -0.465 e. The minimum absolute atomic E-state index is 0.0791. The first-order chi connectivity index (χ1) is 13.4. The zero-order chi connectivity index (χ0) is 20.5. The Morgan fingerprint density at radius 2 is 1.96 bits per heavy atom. The van der Waals surface area contributed by atoms with E-state index in [0.29, 0.717) is 23.9 Å². The molecule has 0 saturated heterocycles. The van der Waals surface area contributed by atoms with Crippen molar-refractivity contribution in [3.63, 3.8) is 0 Å². The largest absolute Gasteiger partial charge is 0.465 e. The molecule has 0 spiro atoms. The number of benzene rings is 1. The van der Waals surface area contributed by atoms with E-state index in [9.17, 15) is 9.59 Å². The summed E-state index contributed by atoms with van der Waals surface area (Å²) in [7, 11) is 1.31. The van der Waals surface area contributed by atoms with Crippen molar-refractivity contribution >= 4 is 23.6 Å². The van der Waals surface area contributed by atoms with Crippen LogP contribution in [0, 0.1) is 13.8 Å². The van der Waals surface area contributed by atoms with Crippen LogP contribution in [-0.2, 0) is 16.0 Å². The smallest absolute Gasteiger partial charge is 0.407 e. The second-order valence-corrected chi connectivity index (χ2v) is 6.28. The average Bonchev–Trinajstić information content (AvgIpc) is 2.66. The van der Waals surface area contributed by atoms with Crippen molar-refractivity contribution in [1.82, 2.24) is 15.3 Å². The molecule has 0 aliphatic rings. The molecule has 28 heavy (non-hydrogen) atoms. The van der Waals surface area contributed by atoms with E-state index >= 15 is 0 Å². The van der Waals surface area contributed by atoms with Crippen LogP contribution < -0.4 is 10.6 Å². The number of nitrogens with zero attached hydrogens (tertiary/aromatic N) is 2. The summed E-state index contributed by atoms with van der Waals surface area (Å²) in [5.74, 6) is 0.139. The molecule has 1 amide bonds. The number of anilines is 2. The van der Waals surface area contributed by atoms with E-state index in [1.54, 1.807) is 6.92 Å². The minimum atomic E-state index is -0.536. The fraction of sp³-hybridized carbons (Fsp3) is 0.400. The van der Waals surface area contributed by atoms with Gasteiger partial charge in [0.25, 0.3) is 0 Å². The number of rotatable bonds is 8. The molecule has 1 aromatic heterocycles. The van der Waals surface area contributed by atoms with Gasteiger partial charge in [-0.05, 0) is 38.0 Å². The van der Waals surface area contributed by atoms with Crippen molar-refractivity contribution in [3.05, 3.63) is 46.9 Å². The van der Waals surface area contributed by atoms with Crippen molar-refractivity contribution in [1.29, 1.82) is 0 Å². The second kappa shape index (κ2) is 10.2. The van der Waals surface area contributed by atoms with Gasteiger partial charge in [0.1, 0.15) is 17.2 Å². The summed E-state index contributed by atoms with van der Waals surface area (Å²) in [6, 6.07) is 7.67. The second-order valence-electron chi connectivity index (χ2n) is 6.28. The summed E-state index contributed by atoms with van der Waals surface area (Å²) >= 11 is 0. The van der Waals surface area contributed by atoms with Crippen LogP contribution in [0.15, 0.2) is 24.3 Å². The third kappa shape index (κ3) is 5.94. The lowest BCUT2D eigenvalue weighted by Gasteiger charge is -2.14. The predicted molar refractivity (Wildman–Crippen MR) is 106 cm³/mol. The highest BCUT2D eigenvalue weighted by atomic mass is 16.5. The maximum atomic E-state index is 12.2. The first-order valence-corrected chi connectivity index (χ1v) is 9.14. The highest BCUT2D eigenvalue weighted by Crippen LogP contribution is 2.22. The van der Waals surface area contributed by atoms with E-state index in [4.69, 9.17) is 9.47 Å². The predicted octanol–water partition coefficient (Wildman–Crippen LogP) is 3.65. The number of carbonyl (C=O) groups is 2. The first kappa shape index (κ1) is 21.1. The lowest BCUT2D eigenvalue weighted by atomic mass is 10.2. The molecule has 8 nitrogen and oxygen atoms in total. The highest BCUT2D eigenvalue weighted by molar-refractivity contribution is 5.96. The van der Waals surface area contributed by atoms with Gasteiger partial charge < -0.3 is 20.1 Å². The Labute approximate surface area is 164 Å². The van der Waals surface area contributed by atoms with Gasteiger partial charge in [0.2, 0.25) is 0 Å². The summed E-state index contributed by atoms with van der Waals surface area (Å²) in [5.41, 5.74) is 2.54. The van der Waals surface area contributed by atoms with Crippen molar-refractivity contribution in [2.45, 2.75) is 40.2 Å². The Morgan fingerprint density at radius 1 is 1.18 bits per heavy atom. The van der Waals surface area contributed by atoms with E-state index in [1.807, 2.05) is 38.1 Å². The van der Waals surface area contributed by atoms with Gasteiger partial charge in [-0.15, -0.1) is 0 Å². The summed E-state index contributed by atoms with van der Waals surface area (Å²) in [6.45, 7) is 6.12. The van der Waals surface area contributed by atoms with Crippen LogP contribution in [0.3, 0.4) is 0 Å². The van der Waals surface area contributed by atoms with E-state index in [2.05, 4.69) is 20.6 Å². The molecule has 2 rings (SSSR count). The Hall–Kier alpha value is -3.16. The fourth-order valence-corrected chi connectivity index (χ4v) is 2.52. The number of nitrogens with one attached hydrogen (secondary N) is 2. The average molecular weight is 386 g/mol. The molecule has 150 valence electrons. The number of aryl methyl sites for hydroxylation is 2. The number of hydrogen-bond acceptors (Lipinski definition) is 7. The number of methoxy groups -OCH3 is 1. The summed E-state index contributed by atoms with van der Waals surface area (Å²) < 4.78 is 9.92. The quantitative estimate of drug-likeness (QED) is 0.527. The Balaban J connectivity index is 2.22. The number of ether oxygens (including phenoxy) is 2. The molecule has 1 aromatic carbocycles. The molecular formula is C20H26N4O4. The molecule has 1 heterocycles. The molecule has 2 aromatic rings. The number of amides is 1. The first-order valence-electron chi connectivity index (χ1n) is 9.14. The highest BCUT2D eigenvalue weighted by Gasteiger charge is 2.20. The van der Waals surface area contributed by atoms with Gasteiger partial charge in [-0.25, -0.2) is 19.6 Å². The van der Waals surface area contributed by atoms with Crippen molar-refractivity contribution < 1.29 is 19.1 Å². The number of carbonyl (C=O) groups excluding carboxylic acids is 2. The van der Waals surface area contributed by atoms with Gasteiger partial charge in [0, 0.05) is 5.69 Å². The molecule has 0 bridgehead atoms. The molecule has 0 fully saturated rings. The summed E-state index contributed by atoms with van der Waals surface area (Å²) in [5, 5.41) is 5.76. The van der Waals surface area contributed by atoms with Gasteiger partial charge >= 0.3 is 12.1 Å². The molecule has 0 saturated carbocycles. The van der Waals surface area contributed by atoms with Gasteiger partial charge in [0.15, 0.2) is 0 Å². The number of hydrogen-bond donors (Lipinski definition) is 2. The number of aromatic nitrogens is 2. The molecule has 0 radical (unpaired) electrons. The molecule has 2 N–H and O–H groups in total. The maximum Gasteiger partial charge on any atom is 0.407 e. The zero-order valence-corrected chi connectivity index (χ0v) is 16.7. The topological polar surface area (TPSA) is 102 Å². The molecule has 0 aliphatic carbocycles. The molecule has 0 atom stereocenters. The lowest BCUT2D eigenvalue weighted by molar-refractivity contribution is 0.0600. The molecule has 0 aliphatic heterocycles. The standard InChI is InChI=1S/C20H26N4O4/c1-5-6-10-28-20(26)21-12-16-22-14(3)17(19(25)27-4)18(24-16)23-15-9-7-8-13(2)11-15/h7-9,11H,5-6,10,12H2,1-4H3,(H,21,26)(H,22,23,24). The Kier molecular flexibility index (Phi) is 7.74. The van der Waals surface area contributed by atoms with Crippen LogP contribution in [0.1, 0.15) is 47.2 Å². The van der Waals surface area contributed by atoms with E-state index < -0.39 is 12.1 Å². The van der Waals surface area contributed by atoms with Crippen LogP contribution in [-0.4, -0.2) is 35.7 Å². The molecule has 0 unspecified atom stereocenters. The summed E-state index contributed by atoms with van der Waals surface area (Å²) in [6.07, 6.45) is 1.22. The monoisotopic (exact) mass is 386 g/mol. The van der Waals surface area contributed by atoms with Crippen molar-refractivity contribution in [2.75, 3.05) is 19.0 Å². The van der Waals surface area contributed by atoms with E-state index in [1.165, 1.54) is 7.11 Å². The maximum absolute atomic E-state index is 12.2. The Morgan fingerprint density at radius 3 is 2.64 bits per heavy atom. The normalized spacial score (nSPS) is 10.3. The van der Waals surface area contributed by atoms with Crippen molar-refractivity contribution in [2.24, 2.45) is 0 Å². The van der Waals surface area contributed by atoms with Crippen LogP contribution in [0.2, 0.25) is 0 Å². The number of alkyl carbamates (subject to hydrolysis) is 1. The van der Waals surface area contributed by atoms with Crippen LogP contribution in [0.25, 0.3) is 0 Å². The molecule has 8 heteroatoms. The van der Waals surface area contributed by atoms with E-state index in [-0.39, 0.29) is 12.1 Å². The van der Waals surface area contributed by atoms with Gasteiger partial charge in [-0.2, -0.15) is 0 Å².